The molecule has 0 atom stereocenters. The molecule has 0 aromatic heterocycles. The topological polar surface area (TPSA) is 35.5 Å². The van der Waals surface area contributed by atoms with Crippen LogP contribution in [0.2, 0.25) is 0 Å². The molecule has 0 saturated carbocycles. The molecule has 0 aromatic carbocycles. The summed E-state index contributed by atoms with van der Waals surface area (Å²) in [4.78, 5) is 13.7. The van der Waals surface area contributed by atoms with Crippen molar-refractivity contribution in [3.8, 4) is 0 Å². The number of carbonyl (C=O) groups excluding carboxylic acids is 1. The van der Waals surface area contributed by atoms with Gasteiger partial charge in [0.15, 0.2) is 0 Å². The van der Waals surface area contributed by atoms with E-state index in [1.54, 1.807) is 0 Å². The third kappa shape index (κ3) is 4.48. The van der Waals surface area contributed by atoms with Gasteiger partial charge in [-0.25, -0.2) is 0 Å². The molecule has 0 amide bonds. The van der Waals surface area contributed by atoms with Crippen LogP contribution in [0.25, 0.3) is 0 Å². The molecule has 0 aliphatic heterocycles. The average Bonchev–Trinajstić information content (AvgIpc) is 1.35. The Labute approximate surface area is 54.9 Å². The monoisotopic (exact) mass is 313 g/mol. The Balaban J connectivity index is 2.83. The van der Waals surface area contributed by atoms with E-state index in [4.69, 9.17) is 0 Å². The van der Waals surface area contributed by atoms with Gasteiger partial charge in [0.25, 0.3) is 0 Å². The Bertz CT molecular complexity index is 52.8. The molecule has 0 heterocycles. The van der Waals surface area contributed by atoms with Crippen LogP contribution in [0.1, 0.15) is 6.92 Å². The van der Waals surface area contributed by atoms with Crippen LogP contribution in [0, 0.1) is 29.9 Å². The van der Waals surface area contributed by atoms with Gasteiger partial charge in [-0.3, -0.25) is 0 Å². The molecule has 0 saturated heterocycles. The van der Waals surface area contributed by atoms with E-state index in [1.807, 2.05) is 0 Å². The van der Waals surface area contributed by atoms with E-state index in [1.165, 1.54) is 6.92 Å². The minimum atomic E-state index is -0.391. The molecule has 0 fully saturated rings. The van der Waals surface area contributed by atoms with E-state index in [2.05, 4.69) is 7.28 Å². The van der Waals surface area contributed by atoms with Gasteiger partial charge in [-0.15, -0.1) is 0 Å². The van der Waals surface area contributed by atoms with Gasteiger partial charge >= 0.3 is 54.9 Å². The molecule has 0 radical (unpaired) electrons. The van der Waals surface area contributed by atoms with Crippen molar-refractivity contribution >= 4 is 5.97 Å². The summed E-state index contributed by atoms with van der Waals surface area (Å²) in [6.45, 7) is 1.29. The molecule has 0 rings (SSSR count). The first-order chi connectivity index (χ1) is 2.77. The van der Waals surface area contributed by atoms with Crippen LogP contribution in [-0.4, -0.2) is 5.97 Å². The van der Waals surface area contributed by atoms with E-state index < -0.39 is 5.97 Å². The first-order valence-corrected chi connectivity index (χ1v) is 2.98. The predicted octanol–water partition coefficient (Wildman–Crippen LogP) is -0.0546. The van der Waals surface area contributed by atoms with E-state index in [9.17, 15) is 4.79 Å². The fraction of sp³-hybridized carbons (Fsp3) is 0.500. The molecule has 0 N–H and O–H groups in total. The third-order valence-electron chi connectivity index (χ3n) is 0.159. The van der Waals surface area contributed by atoms with Gasteiger partial charge in [0.2, 0.25) is 0 Å². The van der Waals surface area contributed by atoms with E-state index >= 15 is 0 Å². The van der Waals surface area contributed by atoms with Crippen molar-refractivity contribution in [2.24, 2.45) is 0 Å². The number of hydrogen-bond acceptors (Lipinski definition) is 3. The summed E-state index contributed by atoms with van der Waals surface area (Å²) in [5.41, 5.74) is 0. The second-order valence-corrected chi connectivity index (χ2v) is 1.35. The first-order valence-electron chi connectivity index (χ1n) is 1.28. The fourth-order valence-electron chi connectivity index (χ4n) is 0.0587. The third-order valence-corrected chi connectivity index (χ3v) is 0.506. The summed E-state index contributed by atoms with van der Waals surface area (Å²) in [5, 5.41) is 0. The second kappa shape index (κ2) is 3.66. The van der Waals surface area contributed by atoms with Gasteiger partial charge in [-0.2, -0.15) is 0 Å². The standard InChI is InChI=1S/C2H4O3.U/c1-2(3)5-4;/h4H,1H3;/q;+1/p-1. The Morgan fingerprint density at radius 1 is 1.83 bits per heavy atom. The van der Waals surface area contributed by atoms with Crippen LogP contribution < -0.4 is 0 Å². The zero-order valence-corrected chi connectivity index (χ0v) is 7.39. The molecule has 0 aliphatic carbocycles. The van der Waals surface area contributed by atoms with E-state index in [0.29, 0.717) is 0 Å². The van der Waals surface area contributed by atoms with Gasteiger partial charge < -0.3 is 0 Å². The zero-order valence-electron chi connectivity index (χ0n) is 3.22. The average molecular weight is 313 g/mol. The maximum atomic E-state index is 9.72. The summed E-state index contributed by atoms with van der Waals surface area (Å²) < 4.78 is 4.12. The summed E-state index contributed by atoms with van der Waals surface area (Å²) in [6, 6.07) is 0. The molecule has 0 aliphatic rings. The zero-order chi connectivity index (χ0) is 4.99. The molecule has 0 bridgehead atoms. The molecule has 33 valence electrons. The first kappa shape index (κ1) is 6.48. The van der Waals surface area contributed by atoms with Gasteiger partial charge in [-0.05, 0) is 0 Å². The molecule has 4 heteroatoms. The molecule has 0 spiro atoms. The number of carbonyl (C=O) groups is 1. The van der Waals surface area contributed by atoms with Gasteiger partial charge in [0.05, 0.1) is 0 Å². The summed E-state index contributed by atoms with van der Waals surface area (Å²) in [6.07, 6.45) is 0. The minimum absolute atomic E-state index is 0.267. The molecule has 6 heavy (non-hydrogen) atoms. The van der Waals surface area contributed by atoms with Crippen LogP contribution in [-0.2, 0) is 12.1 Å². The SMILES string of the molecule is CC(=O)O[O][U]. The van der Waals surface area contributed by atoms with Crippen LogP contribution in [0.15, 0.2) is 0 Å². The summed E-state index contributed by atoms with van der Waals surface area (Å²) >= 11 is 0.267. The molecule has 3 nitrogen and oxygen atoms in total. The molecular formula is C2H3O3U. The predicted molar refractivity (Wildman–Crippen MR) is 12.9 cm³/mol. The fourth-order valence-corrected chi connectivity index (χ4v) is 0.547. The van der Waals surface area contributed by atoms with Crippen molar-refractivity contribution in [1.29, 1.82) is 0 Å². The van der Waals surface area contributed by atoms with Crippen molar-refractivity contribution < 1.29 is 42.0 Å². The van der Waals surface area contributed by atoms with Crippen LogP contribution in [0.4, 0.5) is 0 Å². The van der Waals surface area contributed by atoms with Gasteiger partial charge in [0.1, 0.15) is 0 Å². The quantitative estimate of drug-likeness (QED) is 0.503. The maximum absolute atomic E-state index is 9.72. The normalized spacial score (nSPS) is 7.83. The van der Waals surface area contributed by atoms with E-state index in [-0.39, 0.29) is 29.9 Å². The molecular weight excluding hydrogens is 310 g/mol. The van der Waals surface area contributed by atoms with Crippen molar-refractivity contribution in [3.05, 3.63) is 0 Å². The van der Waals surface area contributed by atoms with Crippen LogP contribution in [0.5, 0.6) is 0 Å². The van der Waals surface area contributed by atoms with E-state index in [0.717, 1.165) is 0 Å². The summed E-state index contributed by atoms with van der Waals surface area (Å²) in [7, 11) is 0. The van der Waals surface area contributed by atoms with Crippen molar-refractivity contribution in [2.45, 2.75) is 6.92 Å². The van der Waals surface area contributed by atoms with Crippen LogP contribution >= 0.6 is 0 Å². The Morgan fingerprint density at radius 3 is 2.33 bits per heavy atom. The molecule has 0 unspecified atom stereocenters. The van der Waals surface area contributed by atoms with Crippen molar-refractivity contribution in [2.75, 3.05) is 0 Å². The Kier molecular flexibility index (Phi) is 3.96. The number of rotatable bonds is 1. The van der Waals surface area contributed by atoms with Crippen molar-refractivity contribution in [3.63, 3.8) is 0 Å². The van der Waals surface area contributed by atoms with Gasteiger partial charge in [-0.1, -0.05) is 0 Å². The Morgan fingerprint density at radius 2 is 2.33 bits per heavy atom. The second-order valence-electron chi connectivity index (χ2n) is 0.658. The Hall–Kier alpha value is 0.482. The van der Waals surface area contributed by atoms with Gasteiger partial charge in [0, 0.05) is 0 Å². The van der Waals surface area contributed by atoms with Crippen molar-refractivity contribution in [1.82, 2.24) is 0 Å². The molecule has 0 aromatic rings. The number of hydrogen-bond donors (Lipinski definition) is 0. The summed E-state index contributed by atoms with van der Waals surface area (Å²) in [5.74, 6) is -0.391. The van der Waals surface area contributed by atoms with Crippen LogP contribution in [0.3, 0.4) is 0 Å².